The van der Waals surface area contributed by atoms with E-state index >= 15 is 0 Å². The molecular weight excluding hydrogens is 196 g/mol. The number of rotatable bonds is 5. The number of amides is 1. The number of hydrazone groups is 1. The molecule has 0 radical (unpaired) electrons. The lowest BCUT2D eigenvalue weighted by atomic mass is 10.1. The van der Waals surface area contributed by atoms with Crippen LogP contribution < -0.4 is 0 Å². The maximum absolute atomic E-state index is 11.5. The van der Waals surface area contributed by atoms with Gasteiger partial charge in [0.15, 0.2) is 0 Å². The Bertz CT molecular complexity index is 295. The molecule has 0 fully saturated rings. The van der Waals surface area contributed by atoms with Crippen LogP contribution in [0, 0.1) is 0 Å². The molecule has 0 aromatic heterocycles. The van der Waals surface area contributed by atoms with E-state index in [0.29, 0.717) is 5.71 Å². The molecule has 1 rings (SSSR count). The molecule has 0 aromatic carbocycles. The highest BCUT2D eigenvalue weighted by Crippen LogP contribution is 2.18. The largest absolute Gasteiger partial charge is 0.481 e. The minimum Gasteiger partial charge on any atom is -0.481 e. The summed E-state index contributed by atoms with van der Waals surface area (Å²) in [6.07, 6.45) is 1.70. The molecule has 0 aliphatic carbocycles. The van der Waals surface area contributed by atoms with Gasteiger partial charge in [-0.05, 0) is 12.8 Å². The normalized spacial score (nSPS) is 16.1. The van der Waals surface area contributed by atoms with E-state index in [0.717, 1.165) is 12.8 Å². The summed E-state index contributed by atoms with van der Waals surface area (Å²) in [6.45, 7) is 3.98. The first-order chi connectivity index (χ1) is 7.08. The van der Waals surface area contributed by atoms with E-state index < -0.39 is 5.97 Å². The van der Waals surface area contributed by atoms with Crippen LogP contribution in [0.5, 0.6) is 0 Å². The molecule has 15 heavy (non-hydrogen) atoms. The lowest BCUT2D eigenvalue weighted by Gasteiger charge is -2.21. The molecule has 0 aromatic rings. The third-order valence-electron chi connectivity index (χ3n) is 2.50. The molecule has 5 heteroatoms. The van der Waals surface area contributed by atoms with Crippen molar-refractivity contribution in [3.05, 3.63) is 0 Å². The lowest BCUT2D eigenvalue weighted by Crippen LogP contribution is -2.31. The number of carbonyl (C=O) groups is 2. The predicted octanol–water partition coefficient (Wildman–Crippen LogP) is 1.24. The van der Waals surface area contributed by atoms with Gasteiger partial charge in [0.05, 0.1) is 24.6 Å². The van der Waals surface area contributed by atoms with E-state index in [1.807, 2.05) is 13.8 Å². The van der Waals surface area contributed by atoms with Crippen LogP contribution in [0.25, 0.3) is 0 Å². The van der Waals surface area contributed by atoms with Crippen LogP contribution in [-0.4, -0.2) is 33.7 Å². The first-order valence-corrected chi connectivity index (χ1v) is 5.18. The second-order valence-electron chi connectivity index (χ2n) is 3.62. The minimum absolute atomic E-state index is 0.0834. The molecule has 1 amide bonds. The standard InChI is InChI=1S/C10H16N2O3/c1-3-8(4-2)12-9(13)5-7(11-12)6-10(14)15/h8H,3-6H2,1-2H3,(H,14,15). The first kappa shape index (κ1) is 11.7. The van der Waals surface area contributed by atoms with Crippen molar-refractivity contribution in [3.8, 4) is 0 Å². The summed E-state index contributed by atoms with van der Waals surface area (Å²) >= 11 is 0. The van der Waals surface area contributed by atoms with Crippen LogP contribution in [0.1, 0.15) is 39.5 Å². The molecule has 0 spiro atoms. The van der Waals surface area contributed by atoms with Gasteiger partial charge in [0.1, 0.15) is 0 Å². The van der Waals surface area contributed by atoms with Gasteiger partial charge < -0.3 is 5.11 Å². The Morgan fingerprint density at radius 3 is 2.60 bits per heavy atom. The van der Waals surface area contributed by atoms with E-state index in [-0.39, 0.29) is 24.8 Å². The molecule has 1 N–H and O–H groups in total. The van der Waals surface area contributed by atoms with Crippen molar-refractivity contribution in [2.75, 3.05) is 0 Å². The minimum atomic E-state index is -0.937. The van der Waals surface area contributed by atoms with E-state index in [9.17, 15) is 9.59 Å². The van der Waals surface area contributed by atoms with Gasteiger partial charge >= 0.3 is 5.97 Å². The summed E-state index contributed by atoms with van der Waals surface area (Å²) < 4.78 is 0. The maximum Gasteiger partial charge on any atom is 0.309 e. The Morgan fingerprint density at radius 2 is 2.13 bits per heavy atom. The summed E-state index contributed by atoms with van der Waals surface area (Å²) in [5.41, 5.74) is 0.458. The van der Waals surface area contributed by atoms with Crippen LogP contribution in [0.15, 0.2) is 5.10 Å². The van der Waals surface area contributed by atoms with E-state index in [1.54, 1.807) is 0 Å². The van der Waals surface area contributed by atoms with Crippen molar-refractivity contribution in [1.29, 1.82) is 0 Å². The highest BCUT2D eigenvalue weighted by Gasteiger charge is 2.29. The van der Waals surface area contributed by atoms with E-state index in [2.05, 4.69) is 5.10 Å². The molecule has 1 aliphatic heterocycles. The zero-order valence-corrected chi connectivity index (χ0v) is 9.06. The summed E-state index contributed by atoms with van der Waals surface area (Å²) in [5, 5.41) is 14.1. The van der Waals surface area contributed by atoms with Crippen molar-refractivity contribution >= 4 is 17.6 Å². The molecule has 1 aliphatic rings. The predicted molar refractivity (Wildman–Crippen MR) is 55.5 cm³/mol. The van der Waals surface area contributed by atoms with Crippen LogP contribution in [-0.2, 0) is 9.59 Å². The molecule has 0 unspecified atom stereocenters. The van der Waals surface area contributed by atoms with Gasteiger partial charge in [-0.1, -0.05) is 13.8 Å². The first-order valence-electron chi connectivity index (χ1n) is 5.18. The summed E-state index contributed by atoms with van der Waals surface area (Å²) in [5.74, 6) is -1.02. The van der Waals surface area contributed by atoms with Gasteiger partial charge in [-0.15, -0.1) is 0 Å². The Labute approximate surface area is 88.8 Å². The Morgan fingerprint density at radius 1 is 1.53 bits per heavy atom. The number of carbonyl (C=O) groups excluding carboxylic acids is 1. The highest BCUT2D eigenvalue weighted by molar-refractivity contribution is 6.10. The molecule has 84 valence electrons. The molecule has 0 saturated heterocycles. The maximum atomic E-state index is 11.5. The second kappa shape index (κ2) is 4.91. The van der Waals surface area contributed by atoms with Crippen molar-refractivity contribution in [1.82, 2.24) is 5.01 Å². The average Bonchev–Trinajstić information content (AvgIpc) is 2.48. The van der Waals surface area contributed by atoms with Crippen LogP contribution >= 0.6 is 0 Å². The third kappa shape index (κ3) is 2.78. The Hall–Kier alpha value is -1.39. The second-order valence-corrected chi connectivity index (χ2v) is 3.62. The fourth-order valence-corrected chi connectivity index (χ4v) is 1.69. The molecule has 1 heterocycles. The summed E-state index contributed by atoms with van der Waals surface area (Å²) in [4.78, 5) is 22.0. The third-order valence-corrected chi connectivity index (χ3v) is 2.50. The van der Waals surface area contributed by atoms with Gasteiger partial charge in [-0.2, -0.15) is 5.10 Å². The van der Waals surface area contributed by atoms with Crippen molar-refractivity contribution in [3.63, 3.8) is 0 Å². The number of hydrogen-bond donors (Lipinski definition) is 1. The fourth-order valence-electron chi connectivity index (χ4n) is 1.69. The summed E-state index contributed by atoms with van der Waals surface area (Å²) in [7, 11) is 0. The average molecular weight is 212 g/mol. The zero-order chi connectivity index (χ0) is 11.4. The van der Waals surface area contributed by atoms with Gasteiger partial charge in [0.25, 0.3) is 0 Å². The van der Waals surface area contributed by atoms with Gasteiger partial charge in [-0.25, -0.2) is 5.01 Å². The molecule has 5 nitrogen and oxygen atoms in total. The number of carboxylic acids is 1. The molecule has 0 atom stereocenters. The van der Waals surface area contributed by atoms with Gasteiger partial charge in [-0.3, -0.25) is 9.59 Å². The Kier molecular flexibility index (Phi) is 3.82. The van der Waals surface area contributed by atoms with Crippen molar-refractivity contribution in [2.24, 2.45) is 5.10 Å². The number of carboxylic acid groups (broad SMARTS) is 1. The highest BCUT2D eigenvalue weighted by atomic mass is 16.4. The van der Waals surface area contributed by atoms with Gasteiger partial charge in [0, 0.05) is 0 Å². The zero-order valence-electron chi connectivity index (χ0n) is 9.06. The lowest BCUT2D eigenvalue weighted by molar-refractivity contribution is -0.135. The van der Waals surface area contributed by atoms with Crippen LogP contribution in [0.3, 0.4) is 0 Å². The summed E-state index contributed by atoms with van der Waals surface area (Å²) in [6, 6.07) is 0.101. The van der Waals surface area contributed by atoms with Crippen molar-refractivity contribution in [2.45, 2.75) is 45.6 Å². The van der Waals surface area contributed by atoms with E-state index in [1.165, 1.54) is 5.01 Å². The quantitative estimate of drug-likeness (QED) is 0.745. The SMILES string of the molecule is CCC(CC)N1N=C(CC(=O)O)CC1=O. The Balaban J connectivity index is 2.70. The molecule has 0 bridgehead atoms. The van der Waals surface area contributed by atoms with Crippen LogP contribution in [0.2, 0.25) is 0 Å². The smallest absolute Gasteiger partial charge is 0.309 e. The number of aliphatic carboxylic acids is 1. The monoisotopic (exact) mass is 212 g/mol. The van der Waals surface area contributed by atoms with Gasteiger partial charge in [0.2, 0.25) is 5.91 Å². The fraction of sp³-hybridized carbons (Fsp3) is 0.700. The van der Waals surface area contributed by atoms with Crippen LogP contribution in [0.4, 0.5) is 0 Å². The number of nitrogens with zero attached hydrogens (tertiary/aromatic N) is 2. The molecular formula is C10H16N2O3. The molecule has 0 saturated carbocycles. The van der Waals surface area contributed by atoms with Crippen molar-refractivity contribution < 1.29 is 14.7 Å². The van der Waals surface area contributed by atoms with E-state index in [4.69, 9.17) is 5.11 Å². The number of hydrogen-bond acceptors (Lipinski definition) is 3. The topological polar surface area (TPSA) is 70.0 Å².